The number of nitrogens with zero attached hydrogens (tertiary/aromatic N) is 2. The zero-order valence-corrected chi connectivity index (χ0v) is 14.9. The summed E-state index contributed by atoms with van der Waals surface area (Å²) in [4.78, 5) is 16.5. The number of carbonyl (C=O) groups is 1. The molecule has 2 saturated heterocycles. The Hall–Kier alpha value is -1.27. The molecule has 1 amide bonds. The van der Waals surface area contributed by atoms with Gasteiger partial charge in [-0.3, -0.25) is 4.79 Å². The van der Waals surface area contributed by atoms with Crippen LogP contribution in [-0.4, -0.2) is 61.1 Å². The van der Waals surface area contributed by atoms with E-state index in [9.17, 15) is 9.18 Å². The predicted octanol–water partition coefficient (Wildman–Crippen LogP) is 2.35. The lowest BCUT2D eigenvalue weighted by molar-refractivity contribution is -0.131. The highest BCUT2D eigenvalue weighted by molar-refractivity contribution is 7.99. The second kappa shape index (κ2) is 8.72. The fourth-order valence-corrected chi connectivity index (χ4v) is 4.42. The number of nitrogens with one attached hydrogen (secondary N) is 1. The van der Waals surface area contributed by atoms with Crippen molar-refractivity contribution in [2.75, 3.05) is 49.1 Å². The number of benzene rings is 1. The van der Waals surface area contributed by atoms with Gasteiger partial charge in [0.15, 0.2) is 0 Å². The maximum atomic E-state index is 13.0. The van der Waals surface area contributed by atoms with E-state index in [1.807, 2.05) is 16.7 Å². The smallest absolute Gasteiger partial charge is 0.223 e. The number of rotatable bonds is 5. The Balaban J connectivity index is 1.37. The molecule has 4 nitrogen and oxygen atoms in total. The maximum Gasteiger partial charge on any atom is 0.223 e. The molecule has 0 radical (unpaired) electrons. The molecule has 6 heteroatoms. The average Bonchev–Trinajstić information content (AvgIpc) is 2.63. The van der Waals surface area contributed by atoms with E-state index in [1.165, 1.54) is 36.5 Å². The Kier molecular flexibility index (Phi) is 6.37. The molecule has 0 aromatic heterocycles. The Morgan fingerprint density at radius 3 is 2.46 bits per heavy atom. The topological polar surface area (TPSA) is 35.6 Å². The van der Waals surface area contributed by atoms with E-state index in [1.54, 1.807) is 12.1 Å². The highest BCUT2D eigenvalue weighted by atomic mass is 32.2. The Morgan fingerprint density at radius 1 is 1.12 bits per heavy atom. The van der Waals surface area contributed by atoms with Gasteiger partial charge < -0.3 is 15.1 Å². The van der Waals surface area contributed by atoms with Crippen LogP contribution in [0.25, 0.3) is 0 Å². The van der Waals surface area contributed by atoms with E-state index in [4.69, 9.17) is 0 Å². The van der Waals surface area contributed by atoms with E-state index < -0.39 is 0 Å². The van der Waals surface area contributed by atoms with Crippen molar-refractivity contribution in [3.05, 3.63) is 30.1 Å². The highest BCUT2D eigenvalue weighted by Crippen LogP contribution is 2.18. The molecule has 0 bridgehead atoms. The Labute approximate surface area is 147 Å². The second-order valence-corrected chi connectivity index (χ2v) is 7.66. The first-order valence-electron chi connectivity index (χ1n) is 8.82. The lowest BCUT2D eigenvalue weighted by Gasteiger charge is -2.36. The van der Waals surface area contributed by atoms with Crippen LogP contribution in [-0.2, 0) is 4.79 Å². The number of piperazine rings is 1. The summed E-state index contributed by atoms with van der Waals surface area (Å²) < 4.78 is 13.0. The van der Waals surface area contributed by atoms with Crippen molar-refractivity contribution in [3.8, 4) is 0 Å². The number of hydrogen-bond donors (Lipinski definition) is 1. The SMILES string of the molecule is O=C(CCNC1CCSCC1)N1CCN(c2ccc(F)cc2)CC1. The van der Waals surface area contributed by atoms with Crippen molar-refractivity contribution < 1.29 is 9.18 Å². The van der Waals surface area contributed by atoms with Gasteiger partial charge in [0.25, 0.3) is 0 Å². The van der Waals surface area contributed by atoms with Crippen LogP contribution in [0.3, 0.4) is 0 Å². The summed E-state index contributed by atoms with van der Waals surface area (Å²) in [5.74, 6) is 2.50. The van der Waals surface area contributed by atoms with Crippen molar-refractivity contribution in [2.45, 2.75) is 25.3 Å². The van der Waals surface area contributed by atoms with Crippen molar-refractivity contribution in [3.63, 3.8) is 0 Å². The lowest BCUT2D eigenvalue weighted by Crippen LogP contribution is -2.49. The second-order valence-electron chi connectivity index (χ2n) is 6.44. The van der Waals surface area contributed by atoms with Crippen molar-refractivity contribution in [1.82, 2.24) is 10.2 Å². The third kappa shape index (κ3) is 4.86. The summed E-state index contributed by atoms with van der Waals surface area (Å²) in [7, 11) is 0. The van der Waals surface area contributed by atoms with Crippen LogP contribution >= 0.6 is 11.8 Å². The van der Waals surface area contributed by atoms with Gasteiger partial charge in [-0.25, -0.2) is 4.39 Å². The van der Waals surface area contributed by atoms with Gasteiger partial charge in [0.1, 0.15) is 5.82 Å². The van der Waals surface area contributed by atoms with Crippen LogP contribution in [0.1, 0.15) is 19.3 Å². The van der Waals surface area contributed by atoms with Crippen molar-refractivity contribution in [2.24, 2.45) is 0 Å². The van der Waals surface area contributed by atoms with Crippen LogP contribution in [0, 0.1) is 5.82 Å². The number of carbonyl (C=O) groups excluding carboxylic acids is 1. The molecule has 0 aliphatic carbocycles. The molecule has 1 N–H and O–H groups in total. The third-order valence-corrected chi connectivity index (χ3v) is 5.87. The molecule has 2 heterocycles. The number of hydrogen-bond acceptors (Lipinski definition) is 4. The number of amides is 1. The van der Waals surface area contributed by atoms with Gasteiger partial charge >= 0.3 is 0 Å². The number of anilines is 1. The molecule has 1 aromatic carbocycles. The van der Waals surface area contributed by atoms with Crippen LogP contribution in [0.15, 0.2) is 24.3 Å². The Bertz CT molecular complexity index is 526. The highest BCUT2D eigenvalue weighted by Gasteiger charge is 2.21. The van der Waals surface area contributed by atoms with Gasteiger partial charge in [0.05, 0.1) is 0 Å². The summed E-state index contributed by atoms with van der Waals surface area (Å²) in [6, 6.07) is 7.18. The fourth-order valence-electron chi connectivity index (χ4n) is 3.31. The first-order valence-corrected chi connectivity index (χ1v) is 9.97. The van der Waals surface area contributed by atoms with Gasteiger partial charge in [0, 0.05) is 50.9 Å². The first kappa shape index (κ1) is 17.5. The van der Waals surface area contributed by atoms with Gasteiger partial charge in [0.2, 0.25) is 5.91 Å². The quantitative estimate of drug-likeness (QED) is 0.883. The molecule has 24 heavy (non-hydrogen) atoms. The number of thioether (sulfide) groups is 1. The summed E-state index contributed by atoms with van der Waals surface area (Å²) in [6.45, 7) is 3.90. The zero-order chi connectivity index (χ0) is 16.8. The number of halogens is 1. The molecule has 132 valence electrons. The molecule has 2 aliphatic heterocycles. The summed E-state index contributed by atoms with van der Waals surface area (Å²) in [6.07, 6.45) is 3.02. The minimum Gasteiger partial charge on any atom is -0.368 e. The van der Waals surface area contributed by atoms with Crippen LogP contribution in [0.4, 0.5) is 10.1 Å². The minimum absolute atomic E-state index is 0.211. The van der Waals surface area contributed by atoms with E-state index in [0.29, 0.717) is 12.5 Å². The monoisotopic (exact) mass is 351 g/mol. The first-order chi connectivity index (χ1) is 11.7. The van der Waals surface area contributed by atoms with Crippen LogP contribution in [0.5, 0.6) is 0 Å². The lowest BCUT2D eigenvalue weighted by atomic mass is 10.1. The zero-order valence-electron chi connectivity index (χ0n) is 14.0. The molecular formula is C18H26FN3OS. The van der Waals surface area contributed by atoms with Crippen LogP contribution < -0.4 is 10.2 Å². The summed E-state index contributed by atoms with van der Waals surface area (Å²) >= 11 is 2.02. The van der Waals surface area contributed by atoms with Gasteiger partial charge in [-0.05, 0) is 48.6 Å². The van der Waals surface area contributed by atoms with E-state index in [2.05, 4.69) is 10.2 Å². The molecule has 2 aliphatic rings. The van der Waals surface area contributed by atoms with E-state index in [-0.39, 0.29) is 11.7 Å². The predicted molar refractivity (Wildman–Crippen MR) is 98.2 cm³/mol. The van der Waals surface area contributed by atoms with E-state index in [0.717, 1.165) is 38.4 Å². The largest absolute Gasteiger partial charge is 0.368 e. The maximum absolute atomic E-state index is 13.0. The molecule has 0 spiro atoms. The van der Waals surface area contributed by atoms with Gasteiger partial charge in [-0.1, -0.05) is 0 Å². The molecule has 3 rings (SSSR count). The van der Waals surface area contributed by atoms with Gasteiger partial charge in [-0.2, -0.15) is 11.8 Å². The molecule has 0 saturated carbocycles. The van der Waals surface area contributed by atoms with E-state index >= 15 is 0 Å². The fraction of sp³-hybridized carbons (Fsp3) is 0.611. The molecule has 0 unspecified atom stereocenters. The van der Waals surface area contributed by atoms with Crippen molar-refractivity contribution >= 4 is 23.4 Å². The Morgan fingerprint density at radius 2 is 1.79 bits per heavy atom. The standard InChI is InChI=1S/C18H26FN3OS/c19-15-1-3-17(4-2-15)21-9-11-22(12-10-21)18(23)5-8-20-16-6-13-24-14-7-16/h1-4,16,20H,5-14H2. The normalized spacial score (nSPS) is 19.5. The molecule has 0 atom stereocenters. The van der Waals surface area contributed by atoms with Gasteiger partial charge in [-0.15, -0.1) is 0 Å². The minimum atomic E-state index is -0.211. The average molecular weight is 351 g/mol. The summed E-state index contributed by atoms with van der Waals surface area (Å²) in [5.41, 5.74) is 1.03. The molecular weight excluding hydrogens is 325 g/mol. The third-order valence-electron chi connectivity index (χ3n) is 4.82. The molecule has 2 fully saturated rings. The van der Waals surface area contributed by atoms with Crippen molar-refractivity contribution in [1.29, 1.82) is 0 Å². The summed E-state index contributed by atoms with van der Waals surface area (Å²) in [5, 5.41) is 3.52. The molecule has 1 aromatic rings. The van der Waals surface area contributed by atoms with Crippen LogP contribution in [0.2, 0.25) is 0 Å².